The number of benzene rings is 9. The highest BCUT2D eigenvalue weighted by Gasteiger charge is 2.14. The van der Waals surface area contributed by atoms with E-state index >= 15 is 0 Å². The highest BCUT2D eigenvalue weighted by molar-refractivity contribution is 5.62. The Morgan fingerprint density at radius 2 is 0.800 bits per heavy atom. The lowest BCUT2D eigenvalue weighted by Crippen LogP contribution is -1.99. The molecule has 0 unspecified atom stereocenters. The van der Waals surface area contributed by atoms with Gasteiger partial charge in [-0.05, 0) is 107 Å². The molecule has 0 aliphatic heterocycles. The third-order valence-corrected chi connectivity index (χ3v) is 14.1. The van der Waals surface area contributed by atoms with Gasteiger partial charge in [0, 0.05) is 94.3 Å². The summed E-state index contributed by atoms with van der Waals surface area (Å²) in [5.41, 5.74) is 14.6. The van der Waals surface area contributed by atoms with E-state index in [0.717, 1.165) is 96.9 Å². The molecule has 6 aromatic heterocycles. The second-order valence-corrected chi connectivity index (χ2v) is 20.6. The first-order chi connectivity index (χ1) is 44.2. The van der Waals surface area contributed by atoms with Crippen LogP contribution in [0, 0.1) is 41.5 Å². The molecular weight excluding hydrogens is 1110 g/mol. The van der Waals surface area contributed by atoms with E-state index < -0.39 is 0 Å². The predicted molar refractivity (Wildman–Crippen MR) is 360 cm³/mol. The van der Waals surface area contributed by atoms with Gasteiger partial charge in [0.25, 0.3) is 0 Å². The minimum atomic E-state index is 0.606. The molecule has 0 aliphatic rings. The second-order valence-electron chi connectivity index (χ2n) is 20.6. The zero-order chi connectivity index (χ0) is 62.3. The highest BCUT2D eigenvalue weighted by Crippen LogP contribution is 2.26. The van der Waals surface area contributed by atoms with Crippen molar-refractivity contribution in [1.82, 2.24) is 63.4 Å². The Kier molecular flexibility index (Phi) is 21.0. The van der Waals surface area contributed by atoms with Gasteiger partial charge in [-0.1, -0.05) is 206 Å². The maximum Gasteiger partial charge on any atom is 0.213 e. The van der Waals surface area contributed by atoms with Crippen molar-refractivity contribution >= 4 is 0 Å². The fourth-order valence-corrected chi connectivity index (χ4v) is 9.77. The maximum absolute atomic E-state index is 4.67. The van der Waals surface area contributed by atoms with Crippen LogP contribution in [0.5, 0.6) is 0 Å². The maximum atomic E-state index is 4.67. The monoisotopic (exact) mass is 1180 g/mol. The predicted octanol–water partition coefficient (Wildman–Crippen LogP) is 17.3. The minimum absolute atomic E-state index is 0.606. The Labute approximate surface area is 525 Å². The summed E-state index contributed by atoms with van der Waals surface area (Å²) < 4.78 is 15.0. The lowest BCUT2D eigenvalue weighted by molar-refractivity contribution is 0.518. The van der Waals surface area contributed by atoms with Gasteiger partial charge in [-0.2, -0.15) is 5.10 Å². The number of rotatable bonds is 9. The summed E-state index contributed by atoms with van der Waals surface area (Å²) in [6.45, 7) is 11.9. The number of aromatic nitrogens is 13. The molecule has 0 aliphatic carbocycles. The molecule has 0 N–H and O–H groups in total. The Hall–Kier alpha value is -11.9. The van der Waals surface area contributed by atoms with Crippen molar-refractivity contribution < 1.29 is 4.42 Å². The molecule has 9 aromatic carbocycles. The quantitative estimate of drug-likeness (QED) is 0.138. The molecule has 90 heavy (non-hydrogen) atoms. The molecule has 0 saturated heterocycles. The van der Waals surface area contributed by atoms with Crippen LogP contribution in [0.15, 0.2) is 315 Å². The largest absolute Gasteiger partial charge is 0.428 e. The third-order valence-electron chi connectivity index (χ3n) is 14.1. The van der Waals surface area contributed by atoms with Crippen molar-refractivity contribution in [3.8, 4) is 73.9 Å². The zero-order valence-electron chi connectivity index (χ0n) is 51.2. The van der Waals surface area contributed by atoms with Crippen molar-refractivity contribution in [1.29, 1.82) is 0 Å². The lowest BCUT2D eigenvalue weighted by atomic mass is 10.1. The van der Waals surface area contributed by atoms with Crippen molar-refractivity contribution in [2.24, 2.45) is 0 Å². The van der Waals surface area contributed by atoms with Gasteiger partial charge in [0.1, 0.15) is 23.3 Å². The number of hydrogen-bond acceptors (Lipinski definition) is 9. The molecule has 0 atom stereocenters. The van der Waals surface area contributed by atoms with E-state index in [1.165, 1.54) is 12.0 Å². The summed E-state index contributed by atoms with van der Waals surface area (Å²) >= 11 is 0. The number of imidazole rings is 3. The van der Waals surface area contributed by atoms with Gasteiger partial charge in [0.05, 0.1) is 11.4 Å². The second kappa shape index (κ2) is 31.0. The first-order valence-electron chi connectivity index (χ1n) is 29.5. The van der Waals surface area contributed by atoms with E-state index in [2.05, 4.69) is 199 Å². The normalized spacial score (nSPS) is 10.3. The van der Waals surface area contributed by atoms with E-state index in [9.17, 15) is 0 Å². The summed E-state index contributed by atoms with van der Waals surface area (Å²) in [7, 11) is 0. The van der Waals surface area contributed by atoms with Gasteiger partial charge >= 0.3 is 0 Å². The smallest absolute Gasteiger partial charge is 0.213 e. The zero-order valence-corrected chi connectivity index (χ0v) is 51.2. The molecule has 0 radical (unpaired) electrons. The topological polar surface area (TPSA) is 141 Å². The van der Waals surface area contributed by atoms with Crippen LogP contribution in [-0.4, -0.2) is 63.4 Å². The molecule has 6 heterocycles. The average Bonchev–Trinajstić information content (AvgIpc) is 3.34. The Morgan fingerprint density at radius 3 is 1.30 bits per heavy atom. The Bertz CT molecular complexity index is 4390. The molecule has 15 rings (SSSR count). The highest BCUT2D eigenvalue weighted by atomic mass is 16.4. The molecular formula is C76H69N13O. The van der Waals surface area contributed by atoms with Crippen LogP contribution in [0.1, 0.15) is 34.5 Å². The van der Waals surface area contributed by atoms with Gasteiger partial charge in [0.2, 0.25) is 12.3 Å². The van der Waals surface area contributed by atoms with Gasteiger partial charge in [-0.15, -0.1) is 20.4 Å². The molecule has 0 amide bonds. The fourth-order valence-electron chi connectivity index (χ4n) is 9.77. The van der Waals surface area contributed by atoms with Crippen molar-refractivity contribution in [2.75, 3.05) is 0 Å². The van der Waals surface area contributed by atoms with Crippen molar-refractivity contribution in [3.05, 3.63) is 345 Å². The average molecular weight is 1180 g/mol. The summed E-state index contributed by atoms with van der Waals surface area (Å²) in [5, 5.41) is 20.0. The number of para-hydroxylation sites is 5. The van der Waals surface area contributed by atoms with E-state index in [4.69, 9.17) is 0 Å². The summed E-state index contributed by atoms with van der Waals surface area (Å²) in [5.74, 6) is 5.35. The van der Waals surface area contributed by atoms with Crippen LogP contribution in [0.2, 0.25) is 0 Å². The van der Waals surface area contributed by atoms with Crippen LogP contribution in [0.4, 0.5) is 0 Å². The van der Waals surface area contributed by atoms with Crippen molar-refractivity contribution in [2.45, 2.75) is 41.5 Å². The minimum Gasteiger partial charge on any atom is -0.428 e. The van der Waals surface area contributed by atoms with Crippen molar-refractivity contribution in [3.63, 3.8) is 0 Å². The van der Waals surface area contributed by atoms with E-state index in [1.807, 2.05) is 207 Å². The third kappa shape index (κ3) is 16.1. The van der Waals surface area contributed by atoms with E-state index in [0.29, 0.717) is 5.89 Å². The SMILES string of the molecule is Cc1cc(-c2ccccc2)nn1-c1ccccc1.Cc1cccc(-c2nccn2-c2ccccc2)c1.Cc1cnc(-c2ccccc2)n1-c1ccccc1.Cc1nccn1-c1ccccc1.Cc1nnc(-c2ccccc2)n1-c1ccccc1.Cc1nnco1. The molecule has 0 saturated carbocycles. The molecule has 0 spiro atoms. The van der Waals surface area contributed by atoms with Crippen LogP contribution < -0.4 is 0 Å². The summed E-state index contributed by atoms with van der Waals surface area (Å²) in [6.07, 6.45) is 10.8. The lowest BCUT2D eigenvalue weighted by Gasteiger charge is -2.10. The standard InChI is InChI=1S/3C16H14N2.C15H13N3.C10H10N2.C3H4N2O/c1-13-12-17-16(14-8-4-2-5-9-14)18(13)15-10-6-3-7-11-15;1-13-12-16(14-8-4-2-5-9-14)17-18(13)15-10-6-3-7-11-15;1-13-6-5-7-14(12-13)16-17-10-11-18(16)15-8-3-2-4-9-15;1-12-16-17-15(13-8-4-2-5-9-13)18(12)14-10-6-3-7-11-14;1-9-11-7-8-12(9)10-5-3-2-4-6-10;1-3-5-4-2-6-3/h3*2-12H,1H3;2-11H,1H3;2-8H,1H3;2H,1H3. The Balaban J connectivity index is 0.000000121. The molecule has 14 heteroatoms. The number of hydrogen-bond donors (Lipinski definition) is 0. The molecule has 15 aromatic rings. The van der Waals surface area contributed by atoms with Gasteiger partial charge in [-0.3, -0.25) is 13.7 Å². The summed E-state index contributed by atoms with van der Waals surface area (Å²) in [4.78, 5) is 13.1. The first-order valence-corrected chi connectivity index (χ1v) is 29.5. The fraction of sp³-hybridized carbons (Fsp3) is 0.0789. The van der Waals surface area contributed by atoms with Gasteiger partial charge < -0.3 is 8.98 Å². The van der Waals surface area contributed by atoms with Crippen LogP contribution in [-0.2, 0) is 0 Å². The van der Waals surface area contributed by atoms with Crippen LogP contribution in [0.3, 0.4) is 0 Å². The van der Waals surface area contributed by atoms with E-state index in [-0.39, 0.29) is 0 Å². The van der Waals surface area contributed by atoms with Crippen LogP contribution in [0.25, 0.3) is 73.9 Å². The molecule has 14 nitrogen and oxygen atoms in total. The van der Waals surface area contributed by atoms with Gasteiger partial charge in [-0.25, -0.2) is 19.6 Å². The molecule has 0 fully saturated rings. The number of aryl methyl sites for hydroxylation is 6. The van der Waals surface area contributed by atoms with Gasteiger partial charge in [0.15, 0.2) is 5.82 Å². The van der Waals surface area contributed by atoms with E-state index in [1.54, 1.807) is 6.92 Å². The first kappa shape index (κ1) is 61.2. The molecule has 0 bridgehead atoms. The number of nitrogens with zero attached hydrogens (tertiary/aromatic N) is 13. The molecule has 444 valence electrons. The Morgan fingerprint density at radius 1 is 0.333 bits per heavy atom. The van der Waals surface area contributed by atoms with Crippen LogP contribution >= 0.6 is 0 Å². The summed E-state index contributed by atoms with van der Waals surface area (Å²) in [6, 6.07) is 92.2.